The van der Waals surface area contributed by atoms with Crippen LogP contribution in [0.1, 0.15) is 42.1 Å². The predicted molar refractivity (Wildman–Crippen MR) is 117 cm³/mol. The maximum Gasteiger partial charge on any atom is 0.336 e. The smallest absolute Gasteiger partial charge is 0.336 e. The van der Waals surface area contributed by atoms with E-state index in [0.717, 1.165) is 16.5 Å². The number of aryl methyl sites for hydroxylation is 1. The lowest BCUT2D eigenvalue weighted by Gasteiger charge is -2.13. The quantitative estimate of drug-likeness (QED) is 0.391. The number of carbonyl (C=O) groups excluding carboxylic acids is 1. The topological polar surface area (TPSA) is 102 Å². The van der Waals surface area contributed by atoms with Crippen LogP contribution in [-0.2, 0) is 22.6 Å². The molecule has 7 nitrogen and oxygen atoms in total. The molecule has 0 spiro atoms. The molecule has 1 N–H and O–H groups in total. The number of aromatic amines is 1. The highest BCUT2D eigenvalue weighted by molar-refractivity contribution is 5.87. The highest BCUT2D eigenvalue weighted by atomic mass is 16.5. The fourth-order valence-corrected chi connectivity index (χ4v) is 3.79. The Labute approximate surface area is 177 Å². The van der Waals surface area contributed by atoms with Gasteiger partial charge in [-0.25, -0.2) is 9.89 Å². The van der Waals surface area contributed by atoms with Gasteiger partial charge in [-0.3, -0.25) is 9.59 Å². The Bertz CT molecular complexity index is 1420. The van der Waals surface area contributed by atoms with Crippen molar-refractivity contribution in [1.82, 2.24) is 10.2 Å². The lowest BCUT2D eigenvalue weighted by atomic mass is 9.95. The number of hydrogen-bond donors (Lipinski definition) is 1. The number of aromatic nitrogens is 2. The molecule has 4 rings (SSSR count). The average Bonchev–Trinajstić information content (AvgIpc) is 2.73. The van der Waals surface area contributed by atoms with Crippen molar-refractivity contribution in [2.75, 3.05) is 0 Å². The van der Waals surface area contributed by atoms with E-state index in [1.54, 1.807) is 24.3 Å². The summed E-state index contributed by atoms with van der Waals surface area (Å²) in [5.41, 5.74) is 2.84. The highest BCUT2D eigenvalue weighted by Crippen LogP contribution is 2.27. The summed E-state index contributed by atoms with van der Waals surface area (Å²) < 4.78 is 10.8. The van der Waals surface area contributed by atoms with Crippen molar-refractivity contribution in [3.63, 3.8) is 0 Å². The number of carbonyl (C=O) groups is 1. The van der Waals surface area contributed by atoms with E-state index in [1.165, 1.54) is 6.07 Å². The van der Waals surface area contributed by atoms with Gasteiger partial charge in [-0.1, -0.05) is 32.0 Å². The molecule has 2 heterocycles. The zero-order valence-corrected chi connectivity index (χ0v) is 17.5. The molecule has 0 aliphatic rings. The summed E-state index contributed by atoms with van der Waals surface area (Å²) in [4.78, 5) is 36.4. The second-order valence-electron chi connectivity index (χ2n) is 7.83. The number of hydrogen-bond acceptors (Lipinski definition) is 6. The zero-order valence-electron chi connectivity index (χ0n) is 17.5. The van der Waals surface area contributed by atoms with Crippen molar-refractivity contribution >= 4 is 27.7 Å². The lowest BCUT2D eigenvalue weighted by Crippen LogP contribution is -2.15. The number of benzene rings is 2. The molecule has 31 heavy (non-hydrogen) atoms. The van der Waals surface area contributed by atoms with E-state index < -0.39 is 11.6 Å². The lowest BCUT2D eigenvalue weighted by molar-refractivity contribution is -0.144. The van der Waals surface area contributed by atoms with Crippen LogP contribution in [0.4, 0.5) is 0 Å². The van der Waals surface area contributed by atoms with Crippen LogP contribution in [0.2, 0.25) is 0 Å². The van der Waals surface area contributed by atoms with E-state index in [2.05, 4.69) is 24.0 Å². The standard InChI is InChI=1S/C24H22N2O5/c1-13(2)18-10-19-15(9-23(28)31-21(19)8-14(18)3)12-30-22(27)11-20-16-6-4-5-7-17(16)24(29)26-25-20/h4-10,13H,11-12H2,1-3H3,(H,26,29). The van der Waals surface area contributed by atoms with Crippen LogP contribution in [0, 0.1) is 6.92 Å². The predicted octanol–water partition coefficient (Wildman–Crippen LogP) is 3.75. The molecular formula is C24H22N2O5. The molecule has 0 radical (unpaired) electrons. The van der Waals surface area contributed by atoms with Gasteiger partial charge in [-0.15, -0.1) is 0 Å². The molecule has 2 aromatic carbocycles. The van der Waals surface area contributed by atoms with Crippen LogP contribution in [0.5, 0.6) is 0 Å². The molecule has 7 heteroatoms. The summed E-state index contributed by atoms with van der Waals surface area (Å²) in [5.74, 6) is -0.214. The Kier molecular flexibility index (Phi) is 5.42. The number of ether oxygens (including phenoxy) is 1. The third kappa shape index (κ3) is 4.12. The van der Waals surface area contributed by atoms with E-state index in [-0.39, 0.29) is 18.6 Å². The van der Waals surface area contributed by atoms with Gasteiger partial charge in [-0.2, -0.15) is 5.10 Å². The van der Waals surface area contributed by atoms with Crippen LogP contribution < -0.4 is 11.2 Å². The molecular weight excluding hydrogens is 396 g/mol. The Morgan fingerprint density at radius 3 is 2.58 bits per heavy atom. The van der Waals surface area contributed by atoms with Crippen LogP contribution in [0.3, 0.4) is 0 Å². The minimum absolute atomic E-state index is 0.0667. The summed E-state index contributed by atoms with van der Waals surface area (Å²) in [6.07, 6.45) is -0.104. The number of nitrogens with zero attached hydrogens (tertiary/aromatic N) is 1. The molecule has 0 atom stereocenters. The van der Waals surface area contributed by atoms with Gasteiger partial charge in [0, 0.05) is 22.4 Å². The minimum Gasteiger partial charge on any atom is -0.460 e. The zero-order chi connectivity index (χ0) is 22.1. The van der Waals surface area contributed by atoms with Crippen LogP contribution >= 0.6 is 0 Å². The van der Waals surface area contributed by atoms with Crippen LogP contribution in [-0.4, -0.2) is 16.2 Å². The summed E-state index contributed by atoms with van der Waals surface area (Å²) in [6.45, 7) is 6.09. The third-order valence-corrected chi connectivity index (χ3v) is 5.31. The molecule has 0 aliphatic carbocycles. The van der Waals surface area contributed by atoms with Gasteiger partial charge >= 0.3 is 11.6 Å². The fourth-order valence-electron chi connectivity index (χ4n) is 3.79. The van der Waals surface area contributed by atoms with Gasteiger partial charge in [0.25, 0.3) is 5.56 Å². The highest BCUT2D eigenvalue weighted by Gasteiger charge is 2.15. The molecule has 0 bridgehead atoms. The molecule has 0 fully saturated rings. The van der Waals surface area contributed by atoms with Gasteiger partial charge < -0.3 is 9.15 Å². The molecule has 2 aromatic heterocycles. The fraction of sp³-hybridized carbons (Fsp3) is 0.250. The first-order valence-electron chi connectivity index (χ1n) is 10.0. The molecule has 4 aromatic rings. The maximum atomic E-state index is 12.5. The Hall–Kier alpha value is -3.74. The summed E-state index contributed by atoms with van der Waals surface area (Å²) in [7, 11) is 0. The van der Waals surface area contributed by atoms with Crippen molar-refractivity contribution in [3.05, 3.63) is 85.6 Å². The van der Waals surface area contributed by atoms with E-state index in [9.17, 15) is 14.4 Å². The summed E-state index contributed by atoms with van der Waals surface area (Å²) in [5, 5.41) is 8.22. The summed E-state index contributed by atoms with van der Waals surface area (Å²) >= 11 is 0. The van der Waals surface area contributed by atoms with Gasteiger partial charge in [0.2, 0.25) is 0 Å². The maximum absolute atomic E-state index is 12.5. The van der Waals surface area contributed by atoms with Crippen molar-refractivity contribution in [1.29, 1.82) is 0 Å². The molecule has 0 saturated carbocycles. The minimum atomic E-state index is -0.512. The SMILES string of the molecule is Cc1cc2oc(=O)cc(COC(=O)Cc3n[nH]c(=O)c4ccccc34)c2cc1C(C)C. The van der Waals surface area contributed by atoms with Gasteiger partial charge in [0.15, 0.2) is 0 Å². The molecule has 0 unspecified atom stereocenters. The molecule has 0 saturated heterocycles. The first-order valence-corrected chi connectivity index (χ1v) is 10.0. The number of nitrogens with one attached hydrogen (secondary N) is 1. The second kappa shape index (κ2) is 8.18. The van der Waals surface area contributed by atoms with Crippen molar-refractivity contribution in [2.24, 2.45) is 0 Å². The molecule has 0 aliphatic heterocycles. The van der Waals surface area contributed by atoms with Crippen molar-refractivity contribution in [2.45, 2.75) is 39.7 Å². The van der Waals surface area contributed by atoms with E-state index >= 15 is 0 Å². The number of esters is 1. The Balaban J connectivity index is 1.60. The van der Waals surface area contributed by atoms with Crippen LogP contribution in [0.25, 0.3) is 21.7 Å². The van der Waals surface area contributed by atoms with Gasteiger partial charge in [0.05, 0.1) is 17.5 Å². The Morgan fingerprint density at radius 2 is 1.84 bits per heavy atom. The van der Waals surface area contributed by atoms with Crippen LogP contribution in [0.15, 0.2) is 56.5 Å². The van der Waals surface area contributed by atoms with E-state index in [4.69, 9.17) is 9.15 Å². The molecule has 0 amide bonds. The third-order valence-electron chi connectivity index (χ3n) is 5.31. The first-order chi connectivity index (χ1) is 14.8. The number of rotatable bonds is 5. The van der Waals surface area contributed by atoms with Crippen molar-refractivity contribution in [3.8, 4) is 0 Å². The number of fused-ring (bicyclic) bond motifs is 2. The molecule has 158 valence electrons. The normalized spacial score (nSPS) is 11.4. The van der Waals surface area contributed by atoms with E-state index in [0.29, 0.717) is 33.5 Å². The Morgan fingerprint density at radius 1 is 1.10 bits per heavy atom. The largest absolute Gasteiger partial charge is 0.460 e. The van der Waals surface area contributed by atoms with Gasteiger partial charge in [-0.05, 0) is 42.2 Å². The summed E-state index contributed by atoms with van der Waals surface area (Å²) in [6, 6.07) is 12.1. The van der Waals surface area contributed by atoms with Gasteiger partial charge in [0.1, 0.15) is 12.2 Å². The van der Waals surface area contributed by atoms with E-state index in [1.807, 2.05) is 19.1 Å². The second-order valence-corrected chi connectivity index (χ2v) is 7.83. The van der Waals surface area contributed by atoms with Crippen molar-refractivity contribution < 1.29 is 13.9 Å². The monoisotopic (exact) mass is 418 g/mol. The first kappa shape index (κ1) is 20.5. The average molecular weight is 418 g/mol. The number of H-pyrrole nitrogens is 1.